The Labute approximate surface area is 202 Å². The first-order valence-electron chi connectivity index (χ1n) is 9.76. The molecule has 0 aliphatic heterocycles. The number of para-hydroxylation sites is 1. The number of carbonyl (C=O) groups excluding carboxylic acids is 1. The van der Waals surface area contributed by atoms with Gasteiger partial charge < -0.3 is 14.8 Å². The van der Waals surface area contributed by atoms with E-state index in [0.29, 0.717) is 11.3 Å². The molecule has 10 heteroatoms. The van der Waals surface area contributed by atoms with E-state index in [4.69, 9.17) is 32.7 Å². The zero-order chi connectivity index (χ0) is 24.0. The second kappa shape index (κ2) is 10.9. The summed E-state index contributed by atoms with van der Waals surface area (Å²) < 4.78 is 38.6. The first kappa shape index (κ1) is 24.9. The number of methoxy groups -OCH3 is 2. The fraction of sp³-hybridized carbons (Fsp3) is 0.174. The van der Waals surface area contributed by atoms with Crippen LogP contribution < -0.4 is 14.8 Å². The number of hydrogen-bond acceptors (Lipinski definition) is 5. The number of amides is 1. The van der Waals surface area contributed by atoms with Crippen LogP contribution in [-0.2, 0) is 21.4 Å². The van der Waals surface area contributed by atoms with E-state index < -0.39 is 22.5 Å². The van der Waals surface area contributed by atoms with Crippen LogP contribution in [0, 0.1) is 0 Å². The molecule has 0 heterocycles. The molecule has 0 aromatic heterocycles. The van der Waals surface area contributed by atoms with Crippen molar-refractivity contribution in [3.05, 3.63) is 82.3 Å². The van der Waals surface area contributed by atoms with Crippen LogP contribution in [0.1, 0.15) is 5.56 Å². The van der Waals surface area contributed by atoms with Gasteiger partial charge in [0.2, 0.25) is 15.9 Å². The third kappa shape index (κ3) is 5.97. The Kier molecular flexibility index (Phi) is 8.20. The lowest BCUT2D eigenvalue weighted by Crippen LogP contribution is -2.37. The van der Waals surface area contributed by atoms with Gasteiger partial charge in [0.15, 0.2) is 11.5 Å². The Hall–Kier alpha value is -2.78. The topological polar surface area (TPSA) is 84.9 Å². The Morgan fingerprint density at radius 2 is 1.55 bits per heavy atom. The van der Waals surface area contributed by atoms with E-state index >= 15 is 0 Å². The SMILES string of the molecule is COc1ccc(S(=O)(=O)N(CC(=O)Nc2c(Cl)cccc2Cl)Cc2ccccc2)cc1OC. The summed E-state index contributed by atoms with van der Waals surface area (Å²) in [5.41, 5.74) is 0.930. The highest BCUT2D eigenvalue weighted by Gasteiger charge is 2.28. The number of benzene rings is 3. The lowest BCUT2D eigenvalue weighted by molar-refractivity contribution is -0.116. The number of sulfonamides is 1. The molecule has 0 fully saturated rings. The van der Waals surface area contributed by atoms with Crippen molar-refractivity contribution < 1.29 is 22.7 Å². The number of hydrogen-bond donors (Lipinski definition) is 1. The molecule has 0 bridgehead atoms. The van der Waals surface area contributed by atoms with Gasteiger partial charge in [-0.3, -0.25) is 4.79 Å². The zero-order valence-corrected chi connectivity index (χ0v) is 20.2. The molecule has 174 valence electrons. The molecule has 0 unspecified atom stereocenters. The van der Waals surface area contributed by atoms with Gasteiger partial charge in [0, 0.05) is 12.6 Å². The second-order valence-corrected chi connectivity index (χ2v) is 9.67. The number of anilines is 1. The summed E-state index contributed by atoms with van der Waals surface area (Å²) in [6.45, 7) is -0.492. The van der Waals surface area contributed by atoms with Crippen molar-refractivity contribution in [1.29, 1.82) is 0 Å². The fourth-order valence-electron chi connectivity index (χ4n) is 3.10. The average Bonchev–Trinajstić information content (AvgIpc) is 2.81. The molecule has 0 aliphatic carbocycles. The van der Waals surface area contributed by atoms with E-state index in [0.717, 1.165) is 4.31 Å². The predicted octanol–water partition coefficient (Wildman–Crippen LogP) is 4.84. The number of nitrogens with one attached hydrogen (secondary N) is 1. The Morgan fingerprint density at radius 3 is 2.15 bits per heavy atom. The highest BCUT2D eigenvalue weighted by molar-refractivity contribution is 7.89. The summed E-state index contributed by atoms with van der Waals surface area (Å²) >= 11 is 12.3. The minimum absolute atomic E-state index is 0.0266. The van der Waals surface area contributed by atoms with Gasteiger partial charge in [-0.1, -0.05) is 59.6 Å². The van der Waals surface area contributed by atoms with E-state index in [1.165, 1.54) is 32.4 Å². The van der Waals surface area contributed by atoms with Gasteiger partial charge in [0.25, 0.3) is 0 Å². The van der Waals surface area contributed by atoms with Gasteiger partial charge in [-0.2, -0.15) is 4.31 Å². The van der Waals surface area contributed by atoms with E-state index in [2.05, 4.69) is 5.32 Å². The molecule has 33 heavy (non-hydrogen) atoms. The van der Waals surface area contributed by atoms with Gasteiger partial charge in [0.1, 0.15) is 0 Å². The first-order valence-corrected chi connectivity index (χ1v) is 12.0. The maximum Gasteiger partial charge on any atom is 0.243 e. The van der Waals surface area contributed by atoms with Crippen molar-refractivity contribution in [2.24, 2.45) is 0 Å². The van der Waals surface area contributed by atoms with Crippen LogP contribution in [0.4, 0.5) is 5.69 Å². The van der Waals surface area contributed by atoms with Crippen molar-refractivity contribution in [2.45, 2.75) is 11.4 Å². The molecular formula is C23H22Cl2N2O5S. The van der Waals surface area contributed by atoms with E-state index in [1.807, 2.05) is 6.07 Å². The summed E-state index contributed by atoms with van der Waals surface area (Å²) in [6.07, 6.45) is 0. The van der Waals surface area contributed by atoms with Crippen LogP contribution in [0.15, 0.2) is 71.6 Å². The summed E-state index contributed by atoms with van der Waals surface area (Å²) in [6, 6.07) is 18.0. The highest BCUT2D eigenvalue weighted by atomic mass is 35.5. The van der Waals surface area contributed by atoms with Crippen molar-refractivity contribution in [3.63, 3.8) is 0 Å². The third-order valence-electron chi connectivity index (χ3n) is 4.74. The monoisotopic (exact) mass is 508 g/mol. The number of carbonyl (C=O) groups is 1. The maximum atomic E-state index is 13.5. The van der Waals surface area contributed by atoms with E-state index in [9.17, 15) is 13.2 Å². The van der Waals surface area contributed by atoms with Gasteiger partial charge in [-0.15, -0.1) is 0 Å². The van der Waals surface area contributed by atoms with E-state index in [-0.39, 0.29) is 32.9 Å². The smallest absolute Gasteiger partial charge is 0.243 e. The fourth-order valence-corrected chi connectivity index (χ4v) is 4.99. The van der Waals surface area contributed by atoms with Crippen LogP contribution in [0.3, 0.4) is 0 Å². The minimum Gasteiger partial charge on any atom is -0.493 e. The van der Waals surface area contributed by atoms with Crippen molar-refractivity contribution >= 4 is 44.8 Å². The van der Waals surface area contributed by atoms with Crippen LogP contribution >= 0.6 is 23.2 Å². The molecule has 0 saturated carbocycles. The second-order valence-electron chi connectivity index (χ2n) is 6.92. The number of halogens is 2. The quantitative estimate of drug-likeness (QED) is 0.446. The van der Waals surface area contributed by atoms with Crippen LogP contribution in [0.5, 0.6) is 11.5 Å². The first-order chi connectivity index (χ1) is 15.8. The van der Waals surface area contributed by atoms with E-state index in [1.54, 1.807) is 42.5 Å². The van der Waals surface area contributed by atoms with Crippen molar-refractivity contribution in [1.82, 2.24) is 4.31 Å². The summed E-state index contributed by atoms with van der Waals surface area (Å²) in [5.74, 6) is 0.0488. The Morgan fingerprint density at radius 1 is 0.909 bits per heavy atom. The molecule has 3 rings (SSSR count). The molecular weight excluding hydrogens is 487 g/mol. The number of nitrogens with zero attached hydrogens (tertiary/aromatic N) is 1. The molecule has 1 amide bonds. The molecule has 0 radical (unpaired) electrons. The molecule has 3 aromatic rings. The Balaban J connectivity index is 1.94. The third-order valence-corrected chi connectivity index (χ3v) is 7.16. The maximum absolute atomic E-state index is 13.5. The average molecular weight is 509 g/mol. The molecule has 0 spiro atoms. The highest BCUT2D eigenvalue weighted by Crippen LogP contribution is 2.32. The van der Waals surface area contributed by atoms with Gasteiger partial charge in [-0.25, -0.2) is 8.42 Å². The Bertz CT molecular complexity index is 1220. The summed E-state index contributed by atoms with van der Waals surface area (Å²) in [4.78, 5) is 12.8. The number of ether oxygens (including phenoxy) is 2. The van der Waals surface area contributed by atoms with Gasteiger partial charge in [-0.05, 0) is 29.8 Å². The lowest BCUT2D eigenvalue weighted by Gasteiger charge is -2.23. The molecule has 1 N–H and O–H groups in total. The standard InChI is InChI=1S/C23H22Cl2N2O5S/c1-31-20-12-11-17(13-21(20)32-2)33(29,30)27(14-16-7-4-3-5-8-16)15-22(28)26-23-18(24)9-6-10-19(23)25/h3-13H,14-15H2,1-2H3,(H,26,28). The largest absolute Gasteiger partial charge is 0.493 e. The summed E-state index contributed by atoms with van der Waals surface area (Å²) in [5, 5.41) is 3.09. The van der Waals surface area contributed by atoms with Crippen LogP contribution in [0.2, 0.25) is 10.0 Å². The van der Waals surface area contributed by atoms with Crippen LogP contribution in [-0.4, -0.2) is 39.4 Å². The molecule has 0 aliphatic rings. The normalized spacial score (nSPS) is 11.3. The van der Waals surface area contributed by atoms with Gasteiger partial charge >= 0.3 is 0 Å². The predicted molar refractivity (Wildman–Crippen MR) is 129 cm³/mol. The molecule has 0 saturated heterocycles. The van der Waals surface area contributed by atoms with Crippen LogP contribution in [0.25, 0.3) is 0 Å². The van der Waals surface area contributed by atoms with Crippen molar-refractivity contribution in [3.8, 4) is 11.5 Å². The lowest BCUT2D eigenvalue weighted by atomic mass is 10.2. The molecule has 3 aromatic carbocycles. The minimum atomic E-state index is -4.09. The van der Waals surface area contributed by atoms with Gasteiger partial charge in [0.05, 0.1) is 41.4 Å². The number of rotatable bonds is 9. The molecule has 7 nitrogen and oxygen atoms in total. The zero-order valence-electron chi connectivity index (χ0n) is 17.9. The summed E-state index contributed by atoms with van der Waals surface area (Å²) in [7, 11) is -1.22. The van der Waals surface area contributed by atoms with Crippen molar-refractivity contribution in [2.75, 3.05) is 26.1 Å². The molecule has 0 atom stereocenters.